The van der Waals surface area contributed by atoms with E-state index in [1.807, 2.05) is 38.1 Å². The van der Waals surface area contributed by atoms with Gasteiger partial charge in [-0.2, -0.15) is 0 Å². The van der Waals surface area contributed by atoms with Crippen LogP contribution >= 0.6 is 0 Å². The highest BCUT2D eigenvalue weighted by Gasteiger charge is 2.09. The third-order valence-electron chi connectivity index (χ3n) is 2.24. The fourth-order valence-corrected chi connectivity index (χ4v) is 1.47. The zero-order valence-electron chi connectivity index (χ0n) is 9.28. The van der Waals surface area contributed by atoms with Crippen LogP contribution in [0.2, 0.25) is 0 Å². The first-order valence-electron chi connectivity index (χ1n) is 5.09. The van der Waals surface area contributed by atoms with E-state index in [0.717, 1.165) is 17.0 Å². The Morgan fingerprint density at radius 2 is 2.00 bits per heavy atom. The molecule has 0 bridgehead atoms. The van der Waals surface area contributed by atoms with Crippen molar-refractivity contribution in [2.45, 2.75) is 13.8 Å². The van der Waals surface area contributed by atoms with Crippen LogP contribution in [0.1, 0.15) is 21.9 Å². The lowest BCUT2D eigenvalue weighted by Crippen LogP contribution is -2.10. The maximum Gasteiger partial charge on any atom is 0.291 e. The predicted molar refractivity (Wildman–Crippen MR) is 62.6 cm³/mol. The highest BCUT2D eigenvalue weighted by molar-refractivity contribution is 6.02. The summed E-state index contributed by atoms with van der Waals surface area (Å²) in [5.74, 6) is 0.840. The van der Waals surface area contributed by atoms with Crippen molar-refractivity contribution in [3.05, 3.63) is 53.5 Å². The van der Waals surface area contributed by atoms with Gasteiger partial charge in [-0.1, -0.05) is 12.1 Å². The van der Waals surface area contributed by atoms with Crippen molar-refractivity contribution in [1.82, 2.24) is 0 Å². The van der Waals surface area contributed by atoms with Crippen molar-refractivity contribution >= 4 is 11.6 Å². The normalized spacial score (nSPS) is 10.1. The second-order valence-corrected chi connectivity index (χ2v) is 3.73. The molecule has 16 heavy (non-hydrogen) atoms. The second-order valence-electron chi connectivity index (χ2n) is 3.73. The van der Waals surface area contributed by atoms with Gasteiger partial charge in [0, 0.05) is 5.69 Å². The number of hydrogen-bond donors (Lipinski definition) is 1. The first-order valence-corrected chi connectivity index (χ1v) is 5.09. The number of carbonyl (C=O) groups is 1. The largest absolute Gasteiger partial charge is 0.456 e. The van der Waals surface area contributed by atoms with E-state index in [-0.39, 0.29) is 5.91 Å². The van der Waals surface area contributed by atoms with Gasteiger partial charge in [0.15, 0.2) is 5.76 Å². The summed E-state index contributed by atoms with van der Waals surface area (Å²) in [6, 6.07) is 11.1. The van der Waals surface area contributed by atoms with Crippen LogP contribution in [0.5, 0.6) is 0 Å². The van der Waals surface area contributed by atoms with Gasteiger partial charge in [0.2, 0.25) is 0 Å². The minimum Gasteiger partial charge on any atom is -0.456 e. The summed E-state index contributed by atoms with van der Waals surface area (Å²) in [5, 5.41) is 2.78. The van der Waals surface area contributed by atoms with Gasteiger partial charge in [0.05, 0.1) is 0 Å². The molecular weight excluding hydrogens is 202 g/mol. The number of benzene rings is 1. The third kappa shape index (κ3) is 2.31. The van der Waals surface area contributed by atoms with Crippen molar-refractivity contribution in [1.29, 1.82) is 0 Å². The van der Waals surface area contributed by atoms with E-state index in [4.69, 9.17) is 4.42 Å². The van der Waals surface area contributed by atoms with Crippen LogP contribution in [0.15, 0.2) is 40.8 Å². The minimum atomic E-state index is -0.223. The van der Waals surface area contributed by atoms with E-state index in [9.17, 15) is 4.79 Å². The number of aryl methyl sites for hydroxylation is 2. The monoisotopic (exact) mass is 215 g/mol. The molecule has 0 spiro atoms. The number of carbonyl (C=O) groups excluding carboxylic acids is 1. The molecular formula is C13H13NO2. The molecule has 0 radical (unpaired) electrons. The lowest BCUT2D eigenvalue weighted by Gasteiger charge is -2.03. The van der Waals surface area contributed by atoms with E-state index in [0.29, 0.717) is 5.76 Å². The molecule has 1 aromatic heterocycles. The molecule has 0 fully saturated rings. The van der Waals surface area contributed by atoms with Crippen molar-refractivity contribution in [2.24, 2.45) is 0 Å². The van der Waals surface area contributed by atoms with Gasteiger partial charge in [-0.15, -0.1) is 0 Å². The van der Waals surface area contributed by atoms with Gasteiger partial charge in [0.25, 0.3) is 5.91 Å². The summed E-state index contributed by atoms with van der Waals surface area (Å²) in [6.45, 7) is 3.79. The Morgan fingerprint density at radius 3 is 2.62 bits per heavy atom. The predicted octanol–water partition coefficient (Wildman–Crippen LogP) is 3.15. The van der Waals surface area contributed by atoms with Crippen LogP contribution in [0.3, 0.4) is 0 Å². The molecule has 0 aliphatic rings. The fourth-order valence-electron chi connectivity index (χ4n) is 1.47. The second kappa shape index (κ2) is 4.23. The SMILES string of the molecule is Cc1cccc(NC(=O)c2ccc(C)o2)c1. The average molecular weight is 215 g/mol. The maximum absolute atomic E-state index is 11.7. The van der Waals surface area contributed by atoms with E-state index in [1.54, 1.807) is 12.1 Å². The average Bonchev–Trinajstić information content (AvgIpc) is 2.65. The molecule has 1 heterocycles. The number of rotatable bonds is 2. The Morgan fingerprint density at radius 1 is 1.19 bits per heavy atom. The Kier molecular flexibility index (Phi) is 2.77. The summed E-state index contributed by atoms with van der Waals surface area (Å²) < 4.78 is 5.24. The minimum absolute atomic E-state index is 0.223. The molecule has 82 valence electrons. The topological polar surface area (TPSA) is 42.2 Å². The zero-order valence-corrected chi connectivity index (χ0v) is 9.28. The molecule has 1 amide bonds. The van der Waals surface area contributed by atoms with Crippen molar-refractivity contribution in [3.8, 4) is 0 Å². The smallest absolute Gasteiger partial charge is 0.291 e. The van der Waals surface area contributed by atoms with Gasteiger partial charge in [-0.25, -0.2) is 0 Å². The van der Waals surface area contributed by atoms with Gasteiger partial charge in [0.1, 0.15) is 5.76 Å². The molecule has 0 unspecified atom stereocenters. The van der Waals surface area contributed by atoms with E-state index >= 15 is 0 Å². The third-order valence-corrected chi connectivity index (χ3v) is 2.24. The molecule has 3 nitrogen and oxygen atoms in total. The maximum atomic E-state index is 11.7. The standard InChI is InChI=1S/C13H13NO2/c1-9-4-3-5-11(8-9)14-13(15)12-7-6-10(2)16-12/h3-8H,1-2H3,(H,14,15). The summed E-state index contributed by atoms with van der Waals surface area (Å²) in [7, 11) is 0. The van der Waals surface area contributed by atoms with E-state index in [2.05, 4.69) is 5.32 Å². The summed E-state index contributed by atoms with van der Waals surface area (Å²) in [6.07, 6.45) is 0. The molecule has 0 saturated heterocycles. The molecule has 0 atom stereocenters. The highest BCUT2D eigenvalue weighted by Crippen LogP contribution is 2.12. The van der Waals surface area contributed by atoms with Crippen molar-refractivity contribution in [2.75, 3.05) is 5.32 Å². The summed E-state index contributed by atoms with van der Waals surface area (Å²) in [5.41, 5.74) is 1.88. The molecule has 2 aromatic rings. The highest BCUT2D eigenvalue weighted by atomic mass is 16.3. The first-order chi connectivity index (χ1) is 7.65. The van der Waals surface area contributed by atoms with Crippen LogP contribution in [0.25, 0.3) is 0 Å². The van der Waals surface area contributed by atoms with Crippen LogP contribution in [-0.2, 0) is 0 Å². The van der Waals surface area contributed by atoms with Crippen molar-refractivity contribution < 1.29 is 9.21 Å². The Hall–Kier alpha value is -2.03. The molecule has 0 aliphatic carbocycles. The lowest BCUT2D eigenvalue weighted by molar-refractivity contribution is 0.0995. The van der Waals surface area contributed by atoms with Crippen LogP contribution in [0, 0.1) is 13.8 Å². The van der Waals surface area contributed by atoms with Crippen LogP contribution < -0.4 is 5.32 Å². The summed E-state index contributed by atoms with van der Waals surface area (Å²) >= 11 is 0. The van der Waals surface area contributed by atoms with E-state index < -0.39 is 0 Å². The number of anilines is 1. The number of hydrogen-bond acceptors (Lipinski definition) is 2. The van der Waals surface area contributed by atoms with Gasteiger partial charge < -0.3 is 9.73 Å². The first kappa shape index (κ1) is 10.5. The van der Waals surface area contributed by atoms with Crippen LogP contribution in [0.4, 0.5) is 5.69 Å². The Bertz CT molecular complexity index is 514. The zero-order chi connectivity index (χ0) is 11.5. The molecule has 0 saturated carbocycles. The van der Waals surface area contributed by atoms with Crippen LogP contribution in [-0.4, -0.2) is 5.91 Å². The molecule has 2 rings (SSSR count). The summed E-state index contributed by atoms with van der Waals surface area (Å²) in [4.78, 5) is 11.7. The van der Waals surface area contributed by atoms with E-state index in [1.165, 1.54) is 0 Å². The molecule has 0 aliphatic heterocycles. The number of nitrogens with one attached hydrogen (secondary N) is 1. The van der Waals surface area contributed by atoms with Gasteiger partial charge in [-0.3, -0.25) is 4.79 Å². The molecule has 1 N–H and O–H groups in total. The quantitative estimate of drug-likeness (QED) is 0.836. The Labute approximate surface area is 94.1 Å². The van der Waals surface area contributed by atoms with Gasteiger partial charge in [-0.05, 0) is 43.7 Å². The number of furan rings is 1. The lowest BCUT2D eigenvalue weighted by atomic mass is 10.2. The molecule has 1 aromatic carbocycles. The van der Waals surface area contributed by atoms with Gasteiger partial charge >= 0.3 is 0 Å². The van der Waals surface area contributed by atoms with Crippen molar-refractivity contribution in [3.63, 3.8) is 0 Å². The fraction of sp³-hybridized carbons (Fsp3) is 0.154. The number of amides is 1. The molecule has 3 heteroatoms. The Balaban J connectivity index is 2.13.